The summed E-state index contributed by atoms with van der Waals surface area (Å²) in [6.45, 7) is 7.89. The molecule has 2 atom stereocenters. The van der Waals surface area contributed by atoms with E-state index in [0.717, 1.165) is 11.3 Å². The van der Waals surface area contributed by atoms with Crippen LogP contribution in [0.4, 0.5) is 19.0 Å². The van der Waals surface area contributed by atoms with Gasteiger partial charge in [0.25, 0.3) is 0 Å². The number of hydrogen-bond donors (Lipinski definition) is 4. The normalized spacial score (nSPS) is 20.3. The van der Waals surface area contributed by atoms with Crippen LogP contribution in [-0.4, -0.2) is 36.7 Å². The van der Waals surface area contributed by atoms with E-state index in [1.54, 1.807) is 31.3 Å². The summed E-state index contributed by atoms with van der Waals surface area (Å²) >= 11 is 0. The van der Waals surface area contributed by atoms with Crippen LogP contribution in [0, 0.1) is 11.8 Å². The van der Waals surface area contributed by atoms with Gasteiger partial charge in [0, 0.05) is 36.3 Å². The summed E-state index contributed by atoms with van der Waals surface area (Å²) in [5, 5.41) is 9.11. The number of allylic oxidation sites excluding steroid dienone is 3. The lowest BCUT2D eigenvalue weighted by atomic mass is 9.85. The van der Waals surface area contributed by atoms with Crippen molar-refractivity contribution in [2.75, 3.05) is 25.0 Å². The monoisotopic (exact) mass is 451 g/mol. The van der Waals surface area contributed by atoms with Crippen molar-refractivity contribution in [2.24, 2.45) is 17.6 Å². The number of pyridine rings is 1. The first-order chi connectivity index (χ1) is 15.1. The van der Waals surface area contributed by atoms with E-state index in [0.29, 0.717) is 37.3 Å². The highest BCUT2D eigenvalue weighted by Gasteiger charge is 2.45. The van der Waals surface area contributed by atoms with E-state index in [9.17, 15) is 18.0 Å². The SMILES string of the molecule is C=C(C)CC/C(=C\C(NC[C@@H]1CCNC[C@@H]1C(F)(F)F)=C(/C)C(N)=O)Nc1ccccn1. The molecule has 0 aliphatic carbocycles. The molecule has 1 saturated heterocycles. The van der Waals surface area contributed by atoms with E-state index in [1.807, 2.05) is 13.0 Å². The van der Waals surface area contributed by atoms with E-state index in [-0.39, 0.29) is 18.7 Å². The second-order valence-electron chi connectivity index (χ2n) is 8.15. The van der Waals surface area contributed by atoms with Crippen molar-refractivity contribution in [3.05, 3.63) is 59.6 Å². The molecule has 1 aliphatic heterocycles. The number of anilines is 1. The summed E-state index contributed by atoms with van der Waals surface area (Å²) < 4.78 is 40.3. The Bertz CT molecular complexity index is 849. The van der Waals surface area contributed by atoms with Crippen LogP contribution >= 0.6 is 0 Å². The molecule has 6 nitrogen and oxygen atoms in total. The first-order valence-electron chi connectivity index (χ1n) is 10.6. The first kappa shape index (κ1) is 25.5. The minimum absolute atomic E-state index is 0.0830. The first-order valence-corrected chi connectivity index (χ1v) is 10.6. The van der Waals surface area contributed by atoms with Crippen molar-refractivity contribution in [3.63, 3.8) is 0 Å². The number of nitrogens with two attached hydrogens (primary N) is 1. The molecule has 1 aliphatic rings. The molecule has 2 rings (SSSR count). The van der Waals surface area contributed by atoms with E-state index < -0.39 is 23.9 Å². The third-order valence-corrected chi connectivity index (χ3v) is 5.47. The van der Waals surface area contributed by atoms with Crippen LogP contribution in [-0.2, 0) is 4.79 Å². The van der Waals surface area contributed by atoms with Gasteiger partial charge >= 0.3 is 6.18 Å². The maximum Gasteiger partial charge on any atom is 0.393 e. The molecular weight excluding hydrogens is 419 g/mol. The Kier molecular flexibility index (Phi) is 9.31. The maximum atomic E-state index is 13.4. The van der Waals surface area contributed by atoms with Gasteiger partial charge in [-0.1, -0.05) is 11.6 Å². The standard InChI is InChI=1S/C23H32F3N5O/c1-15(2)7-8-18(31-21-6-4-5-10-29-21)12-20(16(3)22(27)32)30-13-17-9-11-28-14-19(17)23(24,25)26/h4-6,10,12,17,19,28,30H,1,7-9,11,13-14H2,2-3H3,(H2,27,32)(H,29,31)/b18-12+,20-16-/t17-,19-/m0/s1. The molecule has 0 aromatic carbocycles. The summed E-state index contributed by atoms with van der Waals surface area (Å²) in [6.07, 6.45) is 0.753. The second-order valence-corrected chi connectivity index (χ2v) is 8.15. The van der Waals surface area contributed by atoms with Gasteiger partial charge in [-0.2, -0.15) is 13.2 Å². The van der Waals surface area contributed by atoms with Crippen LogP contribution in [0.1, 0.15) is 33.1 Å². The van der Waals surface area contributed by atoms with E-state index in [4.69, 9.17) is 5.73 Å². The topological polar surface area (TPSA) is 92.1 Å². The maximum absolute atomic E-state index is 13.4. The predicted octanol–water partition coefficient (Wildman–Crippen LogP) is 3.87. The fraction of sp³-hybridized carbons (Fsp3) is 0.478. The lowest BCUT2D eigenvalue weighted by molar-refractivity contribution is -0.191. The van der Waals surface area contributed by atoms with Gasteiger partial charge in [0.2, 0.25) is 5.91 Å². The Morgan fingerprint density at radius 2 is 2.09 bits per heavy atom. The van der Waals surface area contributed by atoms with Crippen molar-refractivity contribution < 1.29 is 18.0 Å². The van der Waals surface area contributed by atoms with Gasteiger partial charge in [0.05, 0.1) is 5.92 Å². The zero-order valence-electron chi connectivity index (χ0n) is 18.6. The number of carbonyl (C=O) groups excluding carboxylic acids is 1. The molecule has 9 heteroatoms. The number of alkyl halides is 3. The van der Waals surface area contributed by atoms with Crippen molar-refractivity contribution in [1.82, 2.24) is 15.6 Å². The molecule has 1 aromatic heterocycles. The van der Waals surface area contributed by atoms with Crippen molar-refractivity contribution in [3.8, 4) is 0 Å². The molecule has 2 heterocycles. The fourth-order valence-corrected chi connectivity index (χ4v) is 3.50. The Morgan fingerprint density at radius 1 is 1.34 bits per heavy atom. The number of nitrogens with one attached hydrogen (secondary N) is 3. The molecule has 5 N–H and O–H groups in total. The zero-order valence-corrected chi connectivity index (χ0v) is 18.6. The molecule has 176 valence electrons. The second kappa shape index (κ2) is 11.7. The summed E-state index contributed by atoms with van der Waals surface area (Å²) in [6, 6.07) is 5.43. The Labute approximate surface area is 187 Å². The summed E-state index contributed by atoms with van der Waals surface area (Å²) in [7, 11) is 0. The number of nitrogens with zero attached hydrogens (tertiary/aromatic N) is 1. The lowest BCUT2D eigenvalue weighted by Gasteiger charge is -2.34. The molecule has 1 amide bonds. The third-order valence-electron chi connectivity index (χ3n) is 5.47. The van der Waals surface area contributed by atoms with Crippen LogP contribution in [0.5, 0.6) is 0 Å². The number of piperidine rings is 1. The highest BCUT2D eigenvalue weighted by Crippen LogP contribution is 2.35. The van der Waals surface area contributed by atoms with Crippen LogP contribution in [0.3, 0.4) is 0 Å². The fourth-order valence-electron chi connectivity index (χ4n) is 3.50. The minimum Gasteiger partial charge on any atom is -0.384 e. The number of aromatic nitrogens is 1. The lowest BCUT2D eigenvalue weighted by Crippen LogP contribution is -2.47. The largest absolute Gasteiger partial charge is 0.393 e. The van der Waals surface area contributed by atoms with E-state index >= 15 is 0 Å². The minimum atomic E-state index is -4.29. The Balaban J connectivity index is 2.28. The van der Waals surface area contributed by atoms with Gasteiger partial charge < -0.3 is 21.7 Å². The molecule has 0 radical (unpaired) electrons. The molecule has 1 aromatic rings. The Hall–Kier alpha value is -2.81. The zero-order chi connectivity index (χ0) is 23.7. The number of hydrogen-bond acceptors (Lipinski definition) is 5. The molecular formula is C23H32F3N5O. The quantitative estimate of drug-likeness (QED) is 0.246. The van der Waals surface area contributed by atoms with Crippen LogP contribution in [0.25, 0.3) is 0 Å². The van der Waals surface area contributed by atoms with Crippen molar-refractivity contribution in [1.29, 1.82) is 0 Å². The van der Waals surface area contributed by atoms with Crippen LogP contribution in [0.2, 0.25) is 0 Å². The summed E-state index contributed by atoms with van der Waals surface area (Å²) in [5.41, 5.74) is 7.86. The molecule has 0 unspecified atom stereocenters. The highest BCUT2D eigenvalue weighted by molar-refractivity contribution is 5.92. The third kappa shape index (κ3) is 8.03. The van der Waals surface area contributed by atoms with Crippen LogP contribution < -0.4 is 21.7 Å². The van der Waals surface area contributed by atoms with Gasteiger partial charge in [0.1, 0.15) is 5.82 Å². The van der Waals surface area contributed by atoms with Gasteiger partial charge in [-0.05, 0) is 63.8 Å². The van der Waals surface area contributed by atoms with E-state index in [2.05, 4.69) is 27.5 Å². The summed E-state index contributed by atoms with van der Waals surface area (Å²) in [5.74, 6) is -2.08. The molecule has 0 saturated carbocycles. The Morgan fingerprint density at radius 3 is 2.69 bits per heavy atom. The number of primary amides is 1. The number of carbonyl (C=O) groups is 1. The molecule has 32 heavy (non-hydrogen) atoms. The van der Waals surface area contributed by atoms with Crippen LogP contribution in [0.15, 0.2) is 59.6 Å². The van der Waals surface area contributed by atoms with Crippen molar-refractivity contribution in [2.45, 2.75) is 39.3 Å². The van der Waals surface area contributed by atoms with Crippen molar-refractivity contribution >= 4 is 11.7 Å². The van der Waals surface area contributed by atoms with E-state index in [1.165, 1.54) is 0 Å². The van der Waals surface area contributed by atoms with Gasteiger partial charge in [0.15, 0.2) is 0 Å². The number of halogens is 3. The smallest absolute Gasteiger partial charge is 0.384 e. The molecule has 0 bridgehead atoms. The van der Waals surface area contributed by atoms with Gasteiger partial charge in [-0.3, -0.25) is 4.79 Å². The predicted molar refractivity (Wildman–Crippen MR) is 120 cm³/mol. The molecule has 1 fully saturated rings. The highest BCUT2D eigenvalue weighted by atomic mass is 19.4. The van der Waals surface area contributed by atoms with Gasteiger partial charge in [-0.25, -0.2) is 4.98 Å². The summed E-state index contributed by atoms with van der Waals surface area (Å²) in [4.78, 5) is 16.1. The molecule has 0 spiro atoms. The average molecular weight is 452 g/mol. The number of rotatable bonds is 10. The number of amides is 1. The van der Waals surface area contributed by atoms with Gasteiger partial charge in [-0.15, -0.1) is 6.58 Å². The average Bonchev–Trinajstić information content (AvgIpc) is 2.74.